The van der Waals surface area contributed by atoms with Crippen LogP contribution in [0.4, 0.5) is 0 Å². The maximum Gasteiger partial charge on any atom is 0.309 e. The zero-order chi connectivity index (χ0) is 14.1. The Morgan fingerprint density at radius 1 is 1.40 bits per heavy atom. The summed E-state index contributed by atoms with van der Waals surface area (Å²) >= 11 is 0. The van der Waals surface area contributed by atoms with Crippen LogP contribution in [0.5, 0.6) is 11.5 Å². The van der Waals surface area contributed by atoms with Crippen LogP contribution >= 0.6 is 0 Å². The van der Waals surface area contributed by atoms with Gasteiger partial charge < -0.3 is 19.6 Å². The van der Waals surface area contributed by atoms with Crippen molar-refractivity contribution in [2.45, 2.75) is 19.8 Å². The highest BCUT2D eigenvalue weighted by Gasteiger charge is 2.15. The molecular formula is C14H14N2O4. The smallest absolute Gasteiger partial charge is 0.309 e. The van der Waals surface area contributed by atoms with Crippen molar-refractivity contribution in [3.8, 4) is 11.5 Å². The van der Waals surface area contributed by atoms with E-state index in [-0.39, 0.29) is 13.2 Å². The van der Waals surface area contributed by atoms with Crippen molar-refractivity contribution in [3.63, 3.8) is 0 Å². The molecule has 0 saturated carbocycles. The Morgan fingerprint density at radius 2 is 2.20 bits per heavy atom. The molecule has 6 nitrogen and oxygen atoms in total. The molecule has 0 fully saturated rings. The van der Waals surface area contributed by atoms with Crippen LogP contribution in [0.2, 0.25) is 0 Å². The number of hydrogen-bond acceptors (Lipinski definition) is 4. The fourth-order valence-electron chi connectivity index (χ4n) is 2.21. The summed E-state index contributed by atoms with van der Waals surface area (Å²) in [7, 11) is 0. The van der Waals surface area contributed by atoms with Gasteiger partial charge in [0.15, 0.2) is 11.5 Å². The summed E-state index contributed by atoms with van der Waals surface area (Å²) in [5, 5.41) is 8.81. The predicted octanol–water partition coefficient (Wildman–Crippen LogP) is 1.66. The van der Waals surface area contributed by atoms with Gasteiger partial charge in [0.2, 0.25) is 6.79 Å². The molecule has 1 aliphatic rings. The maximum absolute atomic E-state index is 10.7. The number of ether oxygens (including phenoxy) is 2. The SMILES string of the molecule is Cc1[nH]c(Cc2ccc3c(c2)OCO3)nc1CC(=O)O. The molecule has 2 N–H and O–H groups in total. The van der Waals surface area contributed by atoms with Crippen LogP contribution in [0, 0.1) is 6.92 Å². The summed E-state index contributed by atoms with van der Waals surface area (Å²) in [4.78, 5) is 18.2. The molecule has 0 bridgehead atoms. The summed E-state index contributed by atoms with van der Waals surface area (Å²) < 4.78 is 10.6. The number of carboxylic acids is 1. The first-order valence-electron chi connectivity index (χ1n) is 6.26. The molecule has 0 aliphatic carbocycles. The van der Waals surface area contributed by atoms with E-state index in [4.69, 9.17) is 14.6 Å². The molecule has 104 valence electrons. The lowest BCUT2D eigenvalue weighted by Gasteiger charge is -2.00. The summed E-state index contributed by atoms with van der Waals surface area (Å²) in [5.41, 5.74) is 2.40. The lowest BCUT2D eigenvalue weighted by molar-refractivity contribution is -0.136. The van der Waals surface area contributed by atoms with E-state index in [0.29, 0.717) is 12.1 Å². The van der Waals surface area contributed by atoms with E-state index in [9.17, 15) is 4.79 Å². The summed E-state index contributed by atoms with van der Waals surface area (Å²) in [6, 6.07) is 5.73. The van der Waals surface area contributed by atoms with Crippen LogP contribution in [0.25, 0.3) is 0 Å². The van der Waals surface area contributed by atoms with Gasteiger partial charge in [0.05, 0.1) is 12.1 Å². The molecule has 6 heteroatoms. The molecule has 2 aromatic rings. The number of nitrogens with one attached hydrogen (secondary N) is 1. The second-order valence-electron chi connectivity index (χ2n) is 4.69. The molecule has 0 radical (unpaired) electrons. The van der Waals surface area contributed by atoms with Gasteiger partial charge in [0.1, 0.15) is 5.82 Å². The van der Waals surface area contributed by atoms with Gasteiger partial charge in [-0.3, -0.25) is 4.79 Å². The van der Waals surface area contributed by atoms with Crippen molar-refractivity contribution in [3.05, 3.63) is 41.0 Å². The van der Waals surface area contributed by atoms with Gasteiger partial charge in [0.25, 0.3) is 0 Å². The quantitative estimate of drug-likeness (QED) is 0.885. The maximum atomic E-state index is 10.7. The zero-order valence-electron chi connectivity index (χ0n) is 11.0. The third-order valence-electron chi connectivity index (χ3n) is 3.16. The van der Waals surface area contributed by atoms with Crippen LogP contribution in [0.3, 0.4) is 0 Å². The molecule has 1 aromatic heterocycles. The largest absolute Gasteiger partial charge is 0.481 e. The van der Waals surface area contributed by atoms with Crippen molar-refractivity contribution in [2.75, 3.05) is 6.79 Å². The molecule has 2 heterocycles. The average Bonchev–Trinajstić information content (AvgIpc) is 2.96. The summed E-state index contributed by atoms with van der Waals surface area (Å²) in [6.07, 6.45) is 0.528. The van der Waals surface area contributed by atoms with Crippen LogP contribution in [-0.4, -0.2) is 27.8 Å². The highest BCUT2D eigenvalue weighted by molar-refractivity contribution is 5.69. The van der Waals surface area contributed by atoms with Crippen LogP contribution in [0.1, 0.15) is 22.8 Å². The predicted molar refractivity (Wildman–Crippen MR) is 70.0 cm³/mol. The summed E-state index contributed by atoms with van der Waals surface area (Å²) in [5.74, 6) is 1.35. The third kappa shape index (κ3) is 2.45. The number of hydrogen-bond donors (Lipinski definition) is 2. The Hall–Kier alpha value is -2.50. The van der Waals surface area contributed by atoms with E-state index in [1.807, 2.05) is 25.1 Å². The topological polar surface area (TPSA) is 84.4 Å². The van der Waals surface area contributed by atoms with Crippen molar-refractivity contribution >= 4 is 5.97 Å². The number of imidazole rings is 1. The highest BCUT2D eigenvalue weighted by atomic mass is 16.7. The van der Waals surface area contributed by atoms with Gasteiger partial charge >= 0.3 is 5.97 Å². The van der Waals surface area contributed by atoms with Gasteiger partial charge in [0, 0.05) is 12.1 Å². The Kier molecular flexibility index (Phi) is 3.06. The lowest BCUT2D eigenvalue weighted by atomic mass is 10.1. The Bertz CT molecular complexity index is 663. The average molecular weight is 274 g/mol. The van der Waals surface area contributed by atoms with E-state index in [2.05, 4.69) is 9.97 Å². The van der Waals surface area contributed by atoms with E-state index in [0.717, 1.165) is 28.6 Å². The molecule has 0 amide bonds. The monoisotopic (exact) mass is 274 g/mol. The minimum absolute atomic E-state index is 0.0660. The fraction of sp³-hybridized carbons (Fsp3) is 0.286. The van der Waals surface area contributed by atoms with E-state index >= 15 is 0 Å². The number of aryl methyl sites for hydroxylation is 1. The highest BCUT2D eigenvalue weighted by Crippen LogP contribution is 2.32. The van der Waals surface area contributed by atoms with Crippen molar-refractivity contribution in [2.24, 2.45) is 0 Å². The number of aliphatic carboxylic acids is 1. The van der Waals surface area contributed by atoms with Crippen LogP contribution in [0.15, 0.2) is 18.2 Å². The Labute approximate surface area is 115 Å². The number of carboxylic acid groups (broad SMARTS) is 1. The second kappa shape index (κ2) is 4.88. The number of nitrogens with zero attached hydrogens (tertiary/aromatic N) is 1. The van der Waals surface area contributed by atoms with Gasteiger partial charge in [-0.25, -0.2) is 4.98 Å². The summed E-state index contributed by atoms with van der Waals surface area (Å²) in [6.45, 7) is 2.08. The molecule has 0 spiro atoms. The molecular weight excluding hydrogens is 260 g/mol. The number of rotatable bonds is 4. The van der Waals surface area contributed by atoms with Gasteiger partial charge in [-0.05, 0) is 24.6 Å². The third-order valence-corrected chi connectivity index (χ3v) is 3.16. The Morgan fingerprint density at radius 3 is 3.00 bits per heavy atom. The van der Waals surface area contributed by atoms with E-state index in [1.54, 1.807) is 0 Å². The molecule has 1 aromatic carbocycles. The molecule has 0 unspecified atom stereocenters. The van der Waals surface area contributed by atoms with Crippen molar-refractivity contribution < 1.29 is 19.4 Å². The second-order valence-corrected chi connectivity index (χ2v) is 4.69. The molecule has 1 aliphatic heterocycles. The molecule has 0 saturated heterocycles. The minimum atomic E-state index is -0.880. The Balaban J connectivity index is 1.79. The fourth-order valence-corrected chi connectivity index (χ4v) is 2.21. The number of H-pyrrole nitrogens is 1. The normalized spacial score (nSPS) is 12.7. The molecule has 20 heavy (non-hydrogen) atoms. The number of benzene rings is 1. The zero-order valence-corrected chi connectivity index (χ0v) is 11.0. The first-order valence-corrected chi connectivity index (χ1v) is 6.26. The van der Waals surface area contributed by atoms with Crippen molar-refractivity contribution in [1.82, 2.24) is 9.97 Å². The number of carbonyl (C=O) groups is 1. The van der Waals surface area contributed by atoms with E-state index < -0.39 is 5.97 Å². The number of fused-ring (bicyclic) bond motifs is 1. The molecule has 0 atom stereocenters. The minimum Gasteiger partial charge on any atom is -0.481 e. The standard InChI is InChI=1S/C14H14N2O4/c1-8-10(6-14(17)18)16-13(15-8)5-9-2-3-11-12(4-9)20-7-19-11/h2-4H,5-7H2,1H3,(H,15,16)(H,17,18). The van der Waals surface area contributed by atoms with Gasteiger partial charge in [-0.15, -0.1) is 0 Å². The first kappa shape index (κ1) is 12.5. The lowest BCUT2D eigenvalue weighted by Crippen LogP contribution is -2.01. The van der Waals surface area contributed by atoms with E-state index in [1.165, 1.54) is 0 Å². The van der Waals surface area contributed by atoms with Crippen LogP contribution < -0.4 is 9.47 Å². The van der Waals surface area contributed by atoms with Gasteiger partial charge in [-0.2, -0.15) is 0 Å². The first-order chi connectivity index (χ1) is 9.61. The number of aromatic amines is 1. The number of aromatic nitrogens is 2. The molecule has 3 rings (SSSR count). The van der Waals surface area contributed by atoms with Gasteiger partial charge in [-0.1, -0.05) is 6.07 Å². The van der Waals surface area contributed by atoms with Crippen LogP contribution in [-0.2, 0) is 17.6 Å². The van der Waals surface area contributed by atoms with Crippen molar-refractivity contribution in [1.29, 1.82) is 0 Å².